The number of hydrogen-bond donors (Lipinski definition) is 1. The Hall–Kier alpha value is -1.67. The summed E-state index contributed by atoms with van der Waals surface area (Å²) in [6.45, 7) is 5.21. The van der Waals surface area contributed by atoms with Gasteiger partial charge in [0.1, 0.15) is 0 Å². The van der Waals surface area contributed by atoms with E-state index >= 15 is 0 Å². The van der Waals surface area contributed by atoms with Crippen molar-refractivity contribution >= 4 is 51.1 Å². The normalized spacial score (nSPS) is 15.2. The lowest BCUT2D eigenvalue weighted by molar-refractivity contribution is -0.148. The molecule has 1 aliphatic rings. The van der Waals surface area contributed by atoms with Gasteiger partial charge in [0.2, 0.25) is 5.91 Å². The van der Waals surface area contributed by atoms with Crippen molar-refractivity contribution in [3.05, 3.63) is 26.9 Å². The fourth-order valence-corrected chi connectivity index (χ4v) is 3.60. The van der Waals surface area contributed by atoms with E-state index in [2.05, 4.69) is 21.2 Å². The summed E-state index contributed by atoms with van der Waals surface area (Å²) >= 11 is 4.93. The van der Waals surface area contributed by atoms with Gasteiger partial charge in [-0.05, 0) is 48.0 Å². The van der Waals surface area contributed by atoms with E-state index in [0.717, 1.165) is 8.66 Å². The molecule has 0 radical (unpaired) electrons. The Labute approximate surface area is 153 Å². The summed E-state index contributed by atoms with van der Waals surface area (Å²) in [5.74, 6) is -1.21. The van der Waals surface area contributed by atoms with Gasteiger partial charge >= 0.3 is 11.8 Å². The van der Waals surface area contributed by atoms with Crippen LogP contribution in [0.2, 0.25) is 0 Å². The Bertz CT molecular complexity index is 649. The molecule has 2 rings (SSSR count). The number of hydrogen-bond acceptors (Lipinski definition) is 4. The van der Waals surface area contributed by atoms with E-state index < -0.39 is 11.8 Å². The van der Waals surface area contributed by atoms with Crippen LogP contribution in [0, 0.1) is 0 Å². The molecule has 1 aromatic rings. The van der Waals surface area contributed by atoms with Crippen molar-refractivity contribution in [1.82, 2.24) is 15.1 Å². The molecule has 1 saturated heterocycles. The summed E-state index contributed by atoms with van der Waals surface area (Å²) < 4.78 is 1.02. The molecule has 0 bridgehead atoms. The van der Waals surface area contributed by atoms with Crippen LogP contribution in [0.1, 0.15) is 18.7 Å². The summed E-state index contributed by atoms with van der Waals surface area (Å²) in [7, 11) is 0. The van der Waals surface area contributed by atoms with Gasteiger partial charge in [0.05, 0.1) is 3.79 Å². The summed E-state index contributed by atoms with van der Waals surface area (Å²) in [5.41, 5.74) is 0. The van der Waals surface area contributed by atoms with Crippen LogP contribution in [0.15, 0.2) is 22.0 Å². The highest BCUT2D eigenvalue weighted by Crippen LogP contribution is 2.23. The first-order valence-electron chi connectivity index (χ1n) is 7.69. The average Bonchev–Trinajstić information content (AvgIpc) is 2.97. The van der Waals surface area contributed by atoms with Gasteiger partial charge in [0.25, 0.3) is 0 Å². The Balaban J connectivity index is 1.83. The summed E-state index contributed by atoms with van der Waals surface area (Å²) in [4.78, 5) is 40.1. The second-order valence-electron chi connectivity index (χ2n) is 5.72. The van der Waals surface area contributed by atoms with Crippen molar-refractivity contribution in [2.24, 2.45) is 0 Å². The minimum absolute atomic E-state index is 0.0771. The van der Waals surface area contributed by atoms with Crippen molar-refractivity contribution in [1.29, 1.82) is 0 Å². The fourth-order valence-electron chi connectivity index (χ4n) is 2.27. The Kier molecular flexibility index (Phi) is 6.56. The third kappa shape index (κ3) is 5.17. The minimum Gasteiger partial charge on any atom is -0.346 e. The molecule has 1 fully saturated rings. The quantitative estimate of drug-likeness (QED) is 0.605. The fraction of sp³-hybridized carbons (Fsp3) is 0.438. The molecular formula is C16H20BrN3O3S. The molecule has 0 aromatic carbocycles. The largest absolute Gasteiger partial charge is 0.346 e. The van der Waals surface area contributed by atoms with E-state index in [9.17, 15) is 14.4 Å². The second kappa shape index (κ2) is 8.43. The first-order chi connectivity index (χ1) is 11.4. The van der Waals surface area contributed by atoms with E-state index in [1.807, 2.05) is 12.1 Å². The van der Waals surface area contributed by atoms with Gasteiger partial charge in [0, 0.05) is 43.2 Å². The Morgan fingerprint density at radius 2 is 1.79 bits per heavy atom. The maximum Gasteiger partial charge on any atom is 0.312 e. The van der Waals surface area contributed by atoms with Crippen LogP contribution < -0.4 is 5.32 Å². The number of halogens is 1. The highest BCUT2D eigenvalue weighted by Gasteiger charge is 2.27. The van der Waals surface area contributed by atoms with E-state index in [1.54, 1.807) is 42.2 Å². The molecule has 0 atom stereocenters. The van der Waals surface area contributed by atoms with Crippen molar-refractivity contribution in [3.8, 4) is 0 Å². The lowest BCUT2D eigenvalue weighted by Gasteiger charge is -2.33. The number of carbonyl (C=O) groups is 3. The van der Waals surface area contributed by atoms with E-state index in [1.165, 1.54) is 4.90 Å². The van der Waals surface area contributed by atoms with Gasteiger partial charge in [-0.15, -0.1) is 11.3 Å². The number of nitrogens with zero attached hydrogens (tertiary/aromatic N) is 2. The molecule has 130 valence electrons. The zero-order valence-electron chi connectivity index (χ0n) is 13.6. The van der Waals surface area contributed by atoms with Crippen LogP contribution in [0.25, 0.3) is 6.08 Å². The maximum atomic E-state index is 12.2. The van der Waals surface area contributed by atoms with E-state index in [-0.39, 0.29) is 11.9 Å². The Morgan fingerprint density at radius 1 is 1.17 bits per heavy atom. The molecule has 0 spiro atoms. The molecule has 8 heteroatoms. The molecule has 1 N–H and O–H groups in total. The van der Waals surface area contributed by atoms with Crippen molar-refractivity contribution in [2.75, 3.05) is 26.2 Å². The van der Waals surface area contributed by atoms with Crippen LogP contribution in [0.3, 0.4) is 0 Å². The maximum absolute atomic E-state index is 12.2. The van der Waals surface area contributed by atoms with Crippen LogP contribution >= 0.6 is 27.3 Å². The zero-order valence-corrected chi connectivity index (χ0v) is 16.0. The van der Waals surface area contributed by atoms with Crippen molar-refractivity contribution in [3.63, 3.8) is 0 Å². The molecule has 24 heavy (non-hydrogen) atoms. The molecule has 1 aromatic heterocycles. The van der Waals surface area contributed by atoms with Gasteiger partial charge < -0.3 is 15.1 Å². The number of rotatable bonds is 3. The molecule has 0 aliphatic carbocycles. The predicted molar refractivity (Wildman–Crippen MR) is 97.5 cm³/mol. The predicted octanol–water partition coefficient (Wildman–Crippen LogP) is 1.72. The van der Waals surface area contributed by atoms with E-state index in [0.29, 0.717) is 26.2 Å². The molecule has 0 saturated carbocycles. The molecular weight excluding hydrogens is 394 g/mol. The lowest BCUT2D eigenvalue weighted by atomic mass is 10.2. The van der Waals surface area contributed by atoms with Crippen molar-refractivity contribution in [2.45, 2.75) is 19.9 Å². The second-order valence-corrected chi connectivity index (χ2v) is 8.22. The molecule has 3 amide bonds. The number of amides is 3. The van der Waals surface area contributed by atoms with Crippen LogP contribution in [-0.2, 0) is 14.4 Å². The summed E-state index contributed by atoms with van der Waals surface area (Å²) in [6, 6.07) is 3.79. The van der Waals surface area contributed by atoms with Crippen LogP contribution in [-0.4, -0.2) is 59.7 Å². The van der Waals surface area contributed by atoms with Gasteiger partial charge in [-0.2, -0.15) is 0 Å². The number of piperazine rings is 1. The van der Waals surface area contributed by atoms with Gasteiger partial charge in [-0.1, -0.05) is 0 Å². The van der Waals surface area contributed by atoms with Gasteiger partial charge in [0.15, 0.2) is 0 Å². The smallest absolute Gasteiger partial charge is 0.312 e. The van der Waals surface area contributed by atoms with Crippen molar-refractivity contribution < 1.29 is 14.4 Å². The number of carbonyl (C=O) groups excluding carboxylic acids is 3. The number of nitrogens with one attached hydrogen (secondary N) is 1. The SMILES string of the molecule is CC(C)NC(=O)C(=O)N1CCN(C(=O)/C=C/c2ccc(Br)s2)CC1. The zero-order chi connectivity index (χ0) is 17.7. The molecule has 0 unspecified atom stereocenters. The lowest BCUT2D eigenvalue weighted by Crippen LogP contribution is -2.54. The highest BCUT2D eigenvalue weighted by molar-refractivity contribution is 9.11. The third-order valence-corrected chi connectivity index (χ3v) is 5.07. The minimum atomic E-state index is -0.590. The first-order valence-corrected chi connectivity index (χ1v) is 9.30. The summed E-state index contributed by atoms with van der Waals surface area (Å²) in [6.07, 6.45) is 3.33. The average molecular weight is 414 g/mol. The number of thiophene rings is 1. The third-order valence-electron chi connectivity index (χ3n) is 3.48. The molecule has 2 heterocycles. The monoisotopic (exact) mass is 413 g/mol. The van der Waals surface area contributed by atoms with Gasteiger partial charge in [-0.25, -0.2) is 0 Å². The highest BCUT2D eigenvalue weighted by atomic mass is 79.9. The van der Waals surface area contributed by atoms with Crippen LogP contribution in [0.5, 0.6) is 0 Å². The Morgan fingerprint density at radius 3 is 2.33 bits per heavy atom. The topological polar surface area (TPSA) is 69.7 Å². The summed E-state index contributed by atoms with van der Waals surface area (Å²) in [5, 5.41) is 2.59. The van der Waals surface area contributed by atoms with Gasteiger partial charge in [-0.3, -0.25) is 14.4 Å². The first kappa shape index (κ1) is 18.7. The standard InChI is InChI=1S/C16H20BrN3O3S/c1-11(2)18-15(22)16(23)20-9-7-19(8-10-20)14(21)6-4-12-3-5-13(17)24-12/h3-6,11H,7-10H2,1-2H3,(H,18,22)/b6-4+. The molecule has 1 aliphatic heterocycles. The van der Waals surface area contributed by atoms with E-state index in [4.69, 9.17) is 0 Å². The molecule has 6 nitrogen and oxygen atoms in total. The van der Waals surface area contributed by atoms with Crippen LogP contribution in [0.4, 0.5) is 0 Å².